The van der Waals surface area contributed by atoms with Gasteiger partial charge in [-0.1, -0.05) is 43.7 Å². The number of carbonyl (C=O) groups excluding carboxylic acids is 2. The van der Waals surface area contributed by atoms with Crippen LogP contribution in [0.5, 0.6) is 0 Å². The number of urea groups is 1. The summed E-state index contributed by atoms with van der Waals surface area (Å²) in [6.45, 7) is 8.24. The van der Waals surface area contributed by atoms with E-state index in [-0.39, 0.29) is 23.3 Å². The molecule has 0 saturated carbocycles. The Morgan fingerprint density at radius 3 is 2.44 bits per heavy atom. The molecule has 0 atom stereocenters. The molecule has 0 aliphatic carbocycles. The van der Waals surface area contributed by atoms with Crippen LogP contribution in [-0.4, -0.2) is 55.5 Å². The second-order valence-electron chi connectivity index (χ2n) is 7.91. The zero-order chi connectivity index (χ0) is 18.6. The van der Waals surface area contributed by atoms with Gasteiger partial charge in [-0.3, -0.25) is 4.79 Å². The van der Waals surface area contributed by atoms with Gasteiger partial charge in [0.05, 0.1) is 0 Å². The molecule has 1 saturated heterocycles. The van der Waals surface area contributed by atoms with Crippen molar-refractivity contribution in [3.05, 3.63) is 35.4 Å². The molecule has 1 aromatic rings. The molecule has 5 nitrogen and oxygen atoms in total. The lowest BCUT2D eigenvalue weighted by Gasteiger charge is -2.34. The number of aryl methyl sites for hydroxylation is 1. The highest BCUT2D eigenvalue weighted by Gasteiger charge is 2.29. The van der Waals surface area contributed by atoms with Crippen molar-refractivity contribution in [1.29, 1.82) is 0 Å². The first-order valence-corrected chi connectivity index (χ1v) is 9.02. The Morgan fingerprint density at radius 1 is 1.24 bits per heavy atom. The summed E-state index contributed by atoms with van der Waals surface area (Å²) in [6.07, 6.45) is 1.48. The first-order chi connectivity index (χ1) is 11.7. The Balaban J connectivity index is 1.86. The summed E-state index contributed by atoms with van der Waals surface area (Å²) < 4.78 is 0. The summed E-state index contributed by atoms with van der Waals surface area (Å²) in [5.74, 6) is 0.212. The van der Waals surface area contributed by atoms with Gasteiger partial charge in [0.2, 0.25) is 5.91 Å². The van der Waals surface area contributed by atoms with Crippen molar-refractivity contribution in [2.45, 2.75) is 39.0 Å². The summed E-state index contributed by atoms with van der Waals surface area (Å²) in [5.41, 5.74) is 2.33. The number of hydrogen-bond acceptors (Lipinski definition) is 2. The number of nitrogens with one attached hydrogen (secondary N) is 1. The van der Waals surface area contributed by atoms with Crippen LogP contribution in [0.2, 0.25) is 0 Å². The third-order valence-electron chi connectivity index (χ3n) is 5.05. The van der Waals surface area contributed by atoms with Gasteiger partial charge in [0.25, 0.3) is 0 Å². The molecule has 1 aliphatic heterocycles. The van der Waals surface area contributed by atoms with Crippen LogP contribution in [-0.2, 0) is 10.2 Å². The molecule has 0 spiro atoms. The topological polar surface area (TPSA) is 52.7 Å². The first kappa shape index (κ1) is 19.3. The molecule has 0 radical (unpaired) electrons. The quantitative estimate of drug-likeness (QED) is 0.912. The van der Waals surface area contributed by atoms with Crippen LogP contribution in [0.25, 0.3) is 0 Å². The molecule has 5 heteroatoms. The number of piperidine rings is 1. The molecule has 1 heterocycles. The Bertz CT molecular complexity index is 617. The van der Waals surface area contributed by atoms with Crippen molar-refractivity contribution < 1.29 is 9.59 Å². The molecule has 1 aromatic carbocycles. The second kappa shape index (κ2) is 7.89. The van der Waals surface area contributed by atoms with E-state index in [0.717, 1.165) is 12.8 Å². The van der Waals surface area contributed by atoms with Gasteiger partial charge in [0, 0.05) is 45.1 Å². The van der Waals surface area contributed by atoms with E-state index in [2.05, 4.69) is 50.4 Å². The van der Waals surface area contributed by atoms with Crippen LogP contribution in [0, 0.1) is 12.8 Å². The van der Waals surface area contributed by atoms with Gasteiger partial charge in [-0.15, -0.1) is 0 Å². The lowest BCUT2D eigenvalue weighted by Crippen LogP contribution is -2.49. The zero-order valence-electron chi connectivity index (χ0n) is 16.1. The smallest absolute Gasteiger partial charge is 0.317 e. The minimum atomic E-state index is -0.124. The number of rotatable bonds is 4. The van der Waals surface area contributed by atoms with Crippen LogP contribution in [0.15, 0.2) is 24.3 Å². The van der Waals surface area contributed by atoms with E-state index in [4.69, 9.17) is 0 Å². The fraction of sp³-hybridized carbons (Fsp3) is 0.600. The lowest BCUT2D eigenvalue weighted by molar-refractivity contribution is -0.134. The van der Waals surface area contributed by atoms with Crippen LogP contribution < -0.4 is 5.32 Å². The molecule has 0 bridgehead atoms. The van der Waals surface area contributed by atoms with E-state index in [0.29, 0.717) is 19.6 Å². The molecular weight excluding hydrogens is 314 g/mol. The van der Waals surface area contributed by atoms with Gasteiger partial charge >= 0.3 is 6.03 Å². The van der Waals surface area contributed by atoms with Crippen LogP contribution in [0.4, 0.5) is 4.79 Å². The van der Waals surface area contributed by atoms with Crippen LogP contribution in [0.3, 0.4) is 0 Å². The standard InChI is InChI=1S/C20H31N3O2/c1-15-7-6-8-17(13-15)20(2,3)14-21-19(25)23-11-9-16(10-12-23)18(24)22(4)5/h6-8,13,16H,9-12,14H2,1-5H3,(H,21,25). The summed E-state index contributed by atoms with van der Waals surface area (Å²) in [4.78, 5) is 28.0. The van der Waals surface area contributed by atoms with E-state index in [1.807, 2.05) is 4.90 Å². The molecule has 1 N–H and O–H groups in total. The summed E-state index contributed by atoms with van der Waals surface area (Å²) in [6, 6.07) is 8.39. The predicted octanol–water partition coefficient (Wildman–Crippen LogP) is 2.78. The molecule has 0 unspecified atom stereocenters. The summed E-state index contributed by atoms with van der Waals surface area (Å²) >= 11 is 0. The molecule has 2 rings (SSSR count). The van der Waals surface area contributed by atoms with E-state index in [9.17, 15) is 9.59 Å². The van der Waals surface area contributed by atoms with Gasteiger partial charge < -0.3 is 15.1 Å². The third-order valence-corrected chi connectivity index (χ3v) is 5.05. The summed E-state index contributed by atoms with van der Waals surface area (Å²) in [7, 11) is 3.57. The van der Waals surface area contributed by atoms with Crippen molar-refractivity contribution in [2.24, 2.45) is 5.92 Å². The number of amides is 3. The minimum absolute atomic E-state index is 0.0310. The van der Waals surface area contributed by atoms with E-state index in [1.54, 1.807) is 19.0 Å². The molecule has 1 fully saturated rings. The maximum Gasteiger partial charge on any atom is 0.317 e. The average Bonchev–Trinajstić information content (AvgIpc) is 2.59. The monoisotopic (exact) mass is 345 g/mol. The number of likely N-dealkylation sites (tertiary alicyclic amines) is 1. The largest absolute Gasteiger partial charge is 0.349 e. The fourth-order valence-corrected chi connectivity index (χ4v) is 3.27. The lowest BCUT2D eigenvalue weighted by atomic mass is 9.84. The van der Waals surface area contributed by atoms with Crippen molar-refractivity contribution in [3.8, 4) is 0 Å². The van der Waals surface area contributed by atoms with E-state index < -0.39 is 0 Å². The maximum absolute atomic E-state index is 12.5. The Morgan fingerprint density at radius 2 is 1.88 bits per heavy atom. The average molecular weight is 345 g/mol. The van der Waals surface area contributed by atoms with E-state index in [1.165, 1.54) is 11.1 Å². The highest BCUT2D eigenvalue weighted by Crippen LogP contribution is 2.23. The summed E-state index contributed by atoms with van der Waals surface area (Å²) in [5, 5.41) is 3.07. The highest BCUT2D eigenvalue weighted by atomic mass is 16.2. The maximum atomic E-state index is 12.5. The highest BCUT2D eigenvalue weighted by molar-refractivity contribution is 5.79. The molecule has 25 heavy (non-hydrogen) atoms. The van der Waals surface area contributed by atoms with Gasteiger partial charge in [-0.2, -0.15) is 0 Å². The first-order valence-electron chi connectivity index (χ1n) is 9.02. The van der Waals surface area contributed by atoms with Crippen LogP contribution >= 0.6 is 0 Å². The van der Waals surface area contributed by atoms with Crippen molar-refractivity contribution in [2.75, 3.05) is 33.7 Å². The van der Waals surface area contributed by atoms with Gasteiger partial charge in [-0.05, 0) is 25.3 Å². The Kier molecular flexibility index (Phi) is 6.09. The van der Waals surface area contributed by atoms with Crippen molar-refractivity contribution >= 4 is 11.9 Å². The minimum Gasteiger partial charge on any atom is -0.349 e. The molecular formula is C20H31N3O2. The SMILES string of the molecule is Cc1cccc(C(C)(C)CNC(=O)N2CCC(C(=O)N(C)C)CC2)c1. The number of carbonyl (C=O) groups is 2. The molecule has 138 valence electrons. The number of benzene rings is 1. The van der Waals surface area contributed by atoms with Crippen molar-refractivity contribution in [3.63, 3.8) is 0 Å². The van der Waals surface area contributed by atoms with Gasteiger partial charge in [0.15, 0.2) is 0 Å². The fourth-order valence-electron chi connectivity index (χ4n) is 3.27. The third kappa shape index (κ3) is 4.97. The van der Waals surface area contributed by atoms with Gasteiger partial charge in [0.1, 0.15) is 0 Å². The number of hydrogen-bond donors (Lipinski definition) is 1. The second-order valence-corrected chi connectivity index (χ2v) is 7.91. The normalized spacial score (nSPS) is 15.8. The van der Waals surface area contributed by atoms with E-state index >= 15 is 0 Å². The predicted molar refractivity (Wildman–Crippen MR) is 101 cm³/mol. The Hall–Kier alpha value is -2.04. The molecule has 1 aliphatic rings. The van der Waals surface area contributed by atoms with Gasteiger partial charge in [-0.25, -0.2) is 4.79 Å². The number of nitrogens with zero attached hydrogens (tertiary/aromatic N) is 2. The Labute approximate surface area is 151 Å². The zero-order valence-corrected chi connectivity index (χ0v) is 16.1. The molecule has 0 aromatic heterocycles. The van der Waals surface area contributed by atoms with Crippen LogP contribution in [0.1, 0.15) is 37.8 Å². The molecule has 3 amide bonds. The van der Waals surface area contributed by atoms with Crippen molar-refractivity contribution in [1.82, 2.24) is 15.1 Å².